The Kier molecular flexibility index (Phi) is 8.90. The van der Waals surface area contributed by atoms with Crippen LogP contribution in [0.5, 0.6) is 11.5 Å². The Morgan fingerprint density at radius 3 is 2.58 bits per heavy atom. The third-order valence-electron chi connectivity index (χ3n) is 3.66. The highest BCUT2D eigenvalue weighted by Gasteiger charge is 2.16. The number of phenols is 1. The summed E-state index contributed by atoms with van der Waals surface area (Å²) < 4.78 is 10.00. The summed E-state index contributed by atoms with van der Waals surface area (Å²) in [7, 11) is 3.14. The van der Waals surface area contributed by atoms with Gasteiger partial charge in [-0.3, -0.25) is 0 Å². The predicted octanol–water partition coefficient (Wildman–Crippen LogP) is 3.79. The number of hydrogen-bond acceptors (Lipinski definition) is 4. The minimum Gasteiger partial charge on any atom is -0.504 e. The van der Waals surface area contributed by atoms with Crippen molar-refractivity contribution < 1.29 is 19.7 Å². The molecule has 0 aromatic heterocycles. The van der Waals surface area contributed by atoms with Gasteiger partial charge in [0.15, 0.2) is 11.5 Å². The summed E-state index contributed by atoms with van der Waals surface area (Å²) in [5.74, 6) is 0.762. The molecule has 1 aromatic carbocycles. The largest absolute Gasteiger partial charge is 0.504 e. The minimum absolute atomic E-state index is 0.204. The van der Waals surface area contributed by atoms with E-state index in [2.05, 4.69) is 13.5 Å². The van der Waals surface area contributed by atoms with E-state index in [1.165, 1.54) is 0 Å². The van der Waals surface area contributed by atoms with Gasteiger partial charge in [0.2, 0.25) is 0 Å². The Morgan fingerprint density at radius 2 is 2.04 bits per heavy atom. The zero-order valence-corrected chi connectivity index (χ0v) is 14.7. The predicted molar refractivity (Wildman–Crippen MR) is 97.5 cm³/mol. The molecule has 2 N–H and O–H groups in total. The molecule has 1 aliphatic carbocycles. The van der Waals surface area contributed by atoms with Crippen molar-refractivity contribution in [1.29, 1.82) is 0 Å². The van der Waals surface area contributed by atoms with E-state index in [9.17, 15) is 10.2 Å². The number of rotatable bonds is 6. The molecule has 1 aliphatic rings. The zero-order chi connectivity index (χ0) is 17.9. The van der Waals surface area contributed by atoms with Crippen LogP contribution >= 0.6 is 0 Å². The van der Waals surface area contributed by atoms with Crippen molar-refractivity contribution >= 4 is 0 Å². The van der Waals surface area contributed by atoms with Gasteiger partial charge < -0.3 is 19.7 Å². The number of aryl methyl sites for hydroxylation is 1. The number of hydrogen-bond donors (Lipinski definition) is 2. The molecule has 0 fully saturated rings. The van der Waals surface area contributed by atoms with Crippen molar-refractivity contribution in [2.24, 2.45) is 0 Å². The molecule has 2 rings (SSSR count). The lowest BCUT2D eigenvalue weighted by atomic mass is 10.0. The van der Waals surface area contributed by atoms with Crippen molar-refractivity contribution in [3.05, 3.63) is 60.2 Å². The van der Waals surface area contributed by atoms with Crippen molar-refractivity contribution in [2.75, 3.05) is 14.2 Å². The van der Waals surface area contributed by atoms with Gasteiger partial charge in [0.05, 0.1) is 7.11 Å². The number of aliphatic hydroxyl groups is 1. The number of ether oxygens (including phenoxy) is 2. The first-order valence-electron chi connectivity index (χ1n) is 8.12. The van der Waals surface area contributed by atoms with E-state index in [1.807, 2.05) is 24.3 Å². The van der Waals surface area contributed by atoms with Gasteiger partial charge in [-0.1, -0.05) is 37.6 Å². The molecule has 0 spiro atoms. The highest BCUT2D eigenvalue weighted by molar-refractivity contribution is 5.41. The molecule has 0 heterocycles. The quantitative estimate of drug-likeness (QED) is 0.778. The summed E-state index contributed by atoms with van der Waals surface area (Å²) >= 11 is 0. The molecule has 2 atom stereocenters. The number of benzene rings is 1. The van der Waals surface area contributed by atoms with E-state index in [0.717, 1.165) is 30.4 Å². The van der Waals surface area contributed by atoms with Crippen LogP contribution in [0, 0.1) is 0 Å². The molecule has 0 bridgehead atoms. The van der Waals surface area contributed by atoms with Crippen LogP contribution < -0.4 is 4.74 Å². The van der Waals surface area contributed by atoms with E-state index in [-0.39, 0.29) is 11.9 Å². The first-order valence-corrected chi connectivity index (χ1v) is 8.12. The monoisotopic (exact) mass is 332 g/mol. The summed E-state index contributed by atoms with van der Waals surface area (Å²) in [5, 5.41) is 18.8. The standard InChI is InChI=1S/2C10H14O2/c1-3-4-8-5-6-10(12-2)9(11)7-8;1-3-4-8-5-6-9(11)10(7-8)12-2/h5-7,11H,3-4H2,1-2H3;3,5-7,9-11H,1,4H2,2H3. The summed E-state index contributed by atoms with van der Waals surface area (Å²) in [6, 6.07) is 5.52. The summed E-state index contributed by atoms with van der Waals surface area (Å²) in [5.41, 5.74) is 2.29. The fraction of sp³-hybridized carbons (Fsp3) is 0.400. The molecule has 4 nitrogen and oxygen atoms in total. The SMILES string of the molecule is C=CCC1=CC(OC)C(O)C=C1.CCCc1ccc(OC)c(O)c1. The average Bonchev–Trinajstić information content (AvgIpc) is 2.58. The number of methoxy groups -OCH3 is 2. The second-order valence-electron chi connectivity index (χ2n) is 5.54. The maximum absolute atomic E-state index is 9.39. The van der Waals surface area contributed by atoms with E-state index < -0.39 is 6.10 Å². The lowest BCUT2D eigenvalue weighted by Crippen LogP contribution is -2.26. The highest BCUT2D eigenvalue weighted by Crippen LogP contribution is 2.26. The fourth-order valence-corrected chi connectivity index (χ4v) is 2.39. The van der Waals surface area contributed by atoms with E-state index in [4.69, 9.17) is 9.47 Å². The van der Waals surface area contributed by atoms with E-state index in [0.29, 0.717) is 5.75 Å². The second-order valence-corrected chi connectivity index (χ2v) is 5.54. The lowest BCUT2D eigenvalue weighted by molar-refractivity contribution is 0.0409. The molecule has 0 amide bonds. The molecule has 1 aromatic rings. The van der Waals surface area contributed by atoms with Crippen LogP contribution in [0.25, 0.3) is 0 Å². The van der Waals surface area contributed by atoms with Crippen LogP contribution in [0.4, 0.5) is 0 Å². The Morgan fingerprint density at radius 1 is 1.29 bits per heavy atom. The molecule has 0 aliphatic heterocycles. The molecule has 0 saturated carbocycles. The van der Waals surface area contributed by atoms with E-state index in [1.54, 1.807) is 32.4 Å². The molecule has 2 unspecified atom stereocenters. The van der Waals surface area contributed by atoms with E-state index >= 15 is 0 Å². The molecule has 24 heavy (non-hydrogen) atoms. The summed E-state index contributed by atoms with van der Waals surface area (Å²) in [4.78, 5) is 0. The zero-order valence-electron chi connectivity index (χ0n) is 14.7. The minimum atomic E-state index is -0.511. The first-order chi connectivity index (χ1) is 11.5. The van der Waals surface area contributed by atoms with Crippen LogP contribution in [0.1, 0.15) is 25.3 Å². The van der Waals surface area contributed by atoms with Crippen molar-refractivity contribution in [3.8, 4) is 11.5 Å². The third kappa shape index (κ3) is 6.22. The molecular formula is C20H28O4. The Hall–Kier alpha value is -2.04. The maximum atomic E-state index is 9.39. The second kappa shape index (κ2) is 10.7. The normalized spacial score (nSPS) is 19.1. The highest BCUT2D eigenvalue weighted by atomic mass is 16.5. The lowest BCUT2D eigenvalue weighted by Gasteiger charge is -2.20. The van der Waals surface area contributed by atoms with Crippen LogP contribution in [0.15, 0.2) is 54.7 Å². The molecule has 132 valence electrons. The Balaban J connectivity index is 0.000000240. The maximum Gasteiger partial charge on any atom is 0.160 e. The van der Waals surface area contributed by atoms with Crippen LogP contribution in [0.2, 0.25) is 0 Å². The molecule has 4 heteroatoms. The van der Waals surface area contributed by atoms with Gasteiger partial charge in [-0.2, -0.15) is 0 Å². The number of allylic oxidation sites excluding steroid dienone is 3. The Labute approximate surface area is 144 Å². The van der Waals surface area contributed by atoms with Crippen molar-refractivity contribution in [3.63, 3.8) is 0 Å². The van der Waals surface area contributed by atoms with Gasteiger partial charge in [0.25, 0.3) is 0 Å². The molecule has 0 radical (unpaired) electrons. The fourth-order valence-electron chi connectivity index (χ4n) is 2.39. The van der Waals surface area contributed by atoms with Gasteiger partial charge in [-0.05, 0) is 42.2 Å². The first kappa shape index (κ1) is 20.0. The topological polar surface area (TPSA) is 58.9 Å². The number of phenolic OH excluding ortho intramolecular Hbond substituents is 1. The Bertz CT molecular complexity index is 575. The summed E-state index contributed by atoms with van der Waals surface area (Å²) in [6.45, 7) is 5.76. The molecule has 0 saturated heterocycles. The molecular weight excluding hydrogens is 304 g/mol. The van der Waals surface area contributed by atoms with Crippen LogP contribution in [-0.2, 0) is 11.2 Å². The van der Waals surface area contributed by atoms with Gasteiger partial charge in [-0.25, -0.2) is 0 Å². The van der Waals surface area contributed by atoms with Crippen LogP contribution in [-0.4, -0.2) is 36.6 Å². The average molecular weight is 332 g/mol. The van der Waals surface area contributed by atoms with Gasteiger partial charge >= 0.3 is 0 Å². The van der Waals surface area contributed by atoms with Gasteiger partial charge in [-0.15, -0.1) is 6.58 Å². The van der Waals surface area contributed by atoms with Crippen molar-refractivity contribution in [1.82, 2.24) is 0 Å². The number of aromatic hydroxyl groups is 1. The van der Waals surface area contributed by atoms with Gasteiger partial charge in [0, 0.05) is 7.11 Å². The summed E-state index contributed by atoms with van der Waals surface area (Å²) in [6.07, 6.45) is 9.60. The van der Waals surface area contributed by atoms with Gasteiger partial charge in [0.1, 0.15) is 12.2 Å². The third-order valence-corrected chi connectivity index (χ3v) is 3.66. The van der Waals surface area contributed by atoms with Crippen molar-refractivity contribution in [2.45, 2.75) is 38.4 Å². The smallest absolute Gasteiger partial charge is 0.160 e. The number of aliphatic hydroxyl groups excluding tert-OH is 1. The van der Waals surface area contributed by atoms with Crippen LogP contribution in [0.3, 0.4) is 0 Å².